The molecule has 0 amide bonds. The summed E-state index contributed by atoms with van der Waals surface area (Å²) in [6.07, 6.45) is 1.65. The van der Waals surface area contributed by atoms with Crippen LogP contribution < -0.4 is 0 Å². The molecular formula is C19H13N3. The number of aromatic nitrogens is 1. The van der Waals surface area contributed by atoms with Gasteiger partial charge in [0.05, 0.1) is 5.69 Å². The third-order valence-corrected chi connectivity index (χ3v) is 3.62. The minimum absolute atomic E-state index is 0.0955. The van der Waals surface area contributed by atoms with E-state index < -0.39 is 0 Å². The van der Waals surface area contributed by atoms with Crippen molar-refractivity contribution in [1.82, 2.24) is 4.98 Å². The fourth-order valence-electron chi connectivity index (χ4n) is 2.50. The smallest absolute Gasteiger partial charge is 0.130 e. The second-order valence-electron chi connectivity index (χ2n) is 5.11. The Bertz CT molecular complexity index is 929. The zero-order valence-electron chi connectivity index (χ0n) is 12.1. The summed E-state index contributed by atoms with van der Waals surface area (Å²) in [5, 5.41) is 19.1. The van der Waals surface area contributed by atoms with Gasteiger partial charge in [-0.1, -0.05) is 48.0 Å². The van der Waals surface area contributed by atoms with Gasteiger partial charge in [0.25, 0.3) is 0 Å². The van der Waals surface area contributed by atoms with E-state index in [4.69, 9.17) is 10.5 Å². The molecular weight excluding hydrogens is 270 g/mol. The molecule has 1 N–H and O–H groups in total. The summed E-state index contributed by atoms with van der Waals surface area (Å²) in [5.74, 6) is 0. The topological polar surface area (TPSA) is 63.4 Å². The van der Waals surface area contributed by atoms with E-state index in [2.05, 4.69) is 4.98 Å². The lowest BCUT2D eigenvalue weighted by atomic mass is 10.0. The van der Waals surface area contributed by atoms with Gasteiger partial charge in [0.1, 0.15) is 17.7 Å². The SMILES string of the molecule is Cc1ccc(-c2[nH]c3ccccc3c2C=C(C#N)C#N)cc1. The second-order valence-corrected chi connectivity index (χ2v) is 5.11. The van der Waals surface area contributed by atoms with Crippen molar-refractivity contribution < 1.29 is 0 Å². The average Bonchev–Trinajstić information content (AvgIpc) is 2.92. The lowest BCUT2D eigenvalue weighted by Crippen LogP contribution is -1.83. The van der Waals surface area contributed by atoms with Crippen LogP contribution in [0.1, 0.15) is 11.1 Å². The van der Waals surface area contributed by atoms with Crippen LogP contribution in [-0.4, -0.2) is 4.98 Å². The Hall–Kier alpha value is -3.30. The van der Waals surface area contributed by atoms with E-state index in [1.54, 1.807) is 6.08 Å². The summed E-state index contributed by atoms with van der Waals surface area (Å²) in [6.45, 7) is 2.04. The van der Waals surface area contributed by atoms with Gasteiger partial charge in [-0.05, 0) is 24.6 Å². The first-order valence-corrected chi connectivity index (χ1v) is 6.92. The van der Waals surface area contributed by atoms with Crippen LogP contribution in [0, 0.1) is 29.6 Å². The van der Waals surface area contributed by atoms with E-state index in [-0.39, 0.29) is 5.57 Å². The van der Waals surface area contributed by atoms with Gasteiger partial charge in [0.15, 0.2) is 0 Å². The van der Waals surface area contributed by atoms with E-state index in [0.29, 0.717) is 0 Å². The number of benzene rings is 2. The fourth-order valence-corrected chi connectivity index (χ4v) is 2.50. The van der Waals surface area contributed by atoms with Crippen molar-refractivity contribution in [3.63, 3.8) is 0 Å². The number of nitriles is 2. The molecule has 3 nitrogen and oxygen atoms in total. The summed E-state index contributed by atoms with van der Waals surface area (Å²) >= 11 is 0. The molecule has 0 atom stereocenters. The average molecular weight is 283 g/mol. The van der Waals surface area contributed by atoms with Crippen LogP contribution in [-0.2, 0) is 0 Å². The van der Waals surface area contributed by atoms with Crippen LogP contribution in [0.15, 0.2) is 54.1 Å². The van der Waals surface area contributed by atoms with Crippen molar-refractivity contribution in [2.45, 2.75) is 6.92 Å². The van der Waals surface area contributed by atoms with Gasteiger partial charge in [-0.15, -0.1) is 0 Å². The number of nitrogens with one attached hydrogen (secondary N) is 1. The Kier molecular flexibility index (Phi) is 3.48. The molecule has 0 radical (unpaired) electrons. The third kappa shape index (κ3) is 2.37. The number of allylic oxidation sites excluding steroid dienone is 1. The molecule has 3 heteroatoms. The second kappa shape index (κ2) is 5.60. The quantitative estimate of drug-likeness (QED) is 0.700. The molecule has 0 bridgehead atoms. The highest BCUT2D eigenvalue weighted by Gasteiger charge is 2.12. The highest BCUT2D eigenvalue weighted by Crippen LogP contribution is 2.32. The zero-order valence-corrected chi connectivity index (χ0v) is 12.1. The summed E-state index contributed by atoms with van der Waals surface area (Å²) in [6, 6.07) is 19.9. The van der Waals surface area contributed by atoms with Crippen molar-refractivity contribution in [2.24, 2.45) is 0 Å². The number of rotatable bonds is 2. The van der Waals surface area contributed by atoms with E-state index in [9.17, 15) is 0 Å². The molecule has 0 aliphatic carbocycles. The predicted molar refractivity (Wildman–Crippen MR) is 87.7 cm³/mol. The largest absolute Gasteiger partial charge is 0.354 e. The maximum Gasteiger partial charge on any atom is 0.130 e. The molecule has 0 aliphatic heterocycles. The Balaban J connectivity index is 2.30. The van der Waals surface area contributed by atoms with Crippen LogP contribution >= 0.6 is 0 Å². The fraction of sp³-hybridized carbons (Fsp3) is 0.0526. The third-order valence-electron chi connectivity index (χ3n) is 3.62. The Morgan fingerprint density at radius 3 is 2.36 bits per heavy atom. The maximum atomic E-state index is 9.04. The molecule has 0 saturated carbocycles. The Morgan fingerprint density at radius 2 is 1.68 bits per heavy atom. The van der Waals surface area contributed by atoms with Crippen LogP contribution in [0.3, 0.4) is 0 Å². The molecule has 22 heavy (non-hydrogen) atoms. The van der Waals surface area contributed by atoms with Gasteiger partial charge in [-0.2, -0.15) is 10.5 Å². The van der Waals surface area contributed by atoms with Gasteiger partial charge >= 0.3 is 0 Å². The highest BCUT2D eigenvalue weighted by atomic mass is 14.7. The standard InChI is InChI=1S/C19H13N3/c1-13-6-8-15(9-7-13)19-17(10-14(11-20)12-21)16-4-2-3-5-18(16)22-19/h2-10,22H,1H3. The monoisotopic (exact) mass is 283 g/mol. The van der Waals surface area contributed by atoms with Crippen molar-refractivity contribution in [1.29, 1.82) is 10.5 Å². The number of fused-ring (bicyclic) bond motifs is 1. The molecule has 2 aromatic carbocycles. The summed E-state index contributed by atoms with van der Waals surface area (Å²) in [5.41, 5.74) is 5.09. The van der Waals surface area contributed by atoms with Gasteiger partial charge in [0.2, 0.25) is 0 Å². The predicted octanol–water partition coefficient (Wildman–Crippen LogP) is 4.57. The molecule has 0 unspecified atom stereocenters. The van der Waals surface area contributed by atoms with E-state index >= 15 is 0 Å². The first kappa shape index (κ1) is 13.7. The molecule has 0 fully saturated rings. The molecule has 1 aromatic heterocycles. The van der Waals surface area contributed by atoms with Gasteiger partial charge in [-0.3, -0.25) is 0 Å². The maximum absolute atomic E-state index is 9.04. The molecule has 0 saturated heterocycles. The molecule has 0 aliphatic rings. The van der Waals surface area contributed by atoms with Crippen molar-refractivity contribution in [3.8, 4) is 23.4 Å². The summed E-state index contributed by atoms with van der Waals surface area (Å²) in [7, 11) is 0. The van der Waals surface area contributed by atoms with Crippen molar-refractivity contribution in [3.05, 3.63) is 65.2 Å². The van der Waals surface area contributed by atoms with E-state index in [1.807, 2.05) is 67.6 Å². The Morgan fingerprint density at radius 1 is 1.00 bits per heavy atom. The van der Waals surface area contributed by atoms with Crippen molar-refractivity contribution in [2.75, 3.05) is 0 Å². The number of hydrogen-bond donors (Lipinski definition) is 1. The number of para-hydroxylation sites is 1. The van der Waals surface area contributed by atoms with E-state index in [0.717, 1.165) is 27.7 Å². The highest BCUT2D eigenvalue weighted by molar-refractivity contribution is 5.97. The van der Waals surface area contributed by atoms with Gasteiger partial charge in [0, 0.05) is 16.5 Å². The van der Waals surface area contributed by atoms with E-state index in [1.165, 1.54) is 5.56 Å². The molecule has 3 aromatic rings. The minimum Gasteiger partial charge on any atom is -0.354 e. The summed E-state index contributed by atoms with van der Waals surface area (Å²) in [4.78, 5) is 3.39. The lowest BCUT2D eigenvalue weighted by Gasteiger charge is -2.02. The lowest BCUT2D eigenvalue weighted by molar-refractivity contribution is 1.41. The van der Waals surface area contributed by atoms with Crippen LogP contribution in [0.5, 0.6) is 0 Å². The molecule has 0 spiro atoms. The Labute approximate surface area is 128 Å². The minimum atomic E-state index is 0.0955. The number of H-pyrrole nitrogens is 1. The first-order chi connectivity index (χ1) is 10.7. The number of aromatic amines is 1. The van der Waals surface area contributed by atoms with Crippen LogP contribution in [0.2, 0.25) is 0 Å². The molecule has 104 valence electrons. The molecule has 3 rings (SSSR count). The number of aryl methyl sites for hydroxylation is 1. The van der Waals surface area contributed by atoms with Gasteiger partial charge < -0.3 is 4.98 Å². The van der Waals surface area contributed by atoms with Crippen LogP contribution in [0.25, 0.3) is 28.2 Å². The normalized spacial score (nSPS) is 9.95. The van der Waals surface area contributed by atoms with Crippen LogP contribution in [0.4, 0.5) is 0 Å². The zero-order chi connectivity index (χ0) is 15.5. The molecule has 1 heterocycles. The van der Waals surface area contributed by atoms with Gasteiger partial charge in [-0.25, -0.2) is 0 Å². The number of nitrogens with zero attached hydrogens (tertiary/aromatic N) is 2. The number of hydrogen-bond acceptors (Lipinski definition) is 2. The summed E-state index contributed by atoms with van der Waals surface area (Å²) < 4.78 is 0. The first-order valence-electron chi connectivity index (χ1n) is 6.92. The van der Waals surface area contributed by atoms with Crippen molar-refractivity contribution >= 4 is 17.0 Å².